The fraction of sp³-hybridized carbons (Fsp3) is 0.200. The molecule has 0 saturated heterocycles. The zero-order valence-corrected chi connectivity index (χ0v) is 12.4. The molecule has 6 heteroatoms. The molecule has 0 unspecified atom stereocenters. The van der Waals surface area contributed by atoms with Gasteiger partial charge < -0.3 is 10.1 Å². The summed E-state index contributed by atoms with van der Waals surface area (Å²) in [5.41, 5.74) is 1.38. The highest BCUT2D eigenvalue weighted by Crippen LogP contribution is 2.18. The van der Waals surface area contributed by atoms with Crippen LogP contribution in [0.5, 0.6) is 5.75 Å². The second kappa shape index (κ2) is 5.97. The Labute approximate surface area is 126 Å². The number of thiazole rings is 1. The smallest absolute Gasteiger partial charge is 0.255 e. The molecule has 0 aliphatic rings. The van der Waals surface area contributed by atoms with Crippen LogP contribution in [0.3, 0.4) is 0 Å². The number of carbonyl (C=O) groups excluding carboxylic acids is 1. The lowest BCUT2D eigenvalue weighted by Gasteiger charge is -2.09. The van der Waals surface area contributed by atoms with E-state index in [0.29, 0.717) is 24.5 Å². The largest absolute Gasteiger partial charge is 0.493 e. The molecule has 0 aliphatic carbocycles. The summed E-state index contributed by atoms with van der Waals surface area (Å²) in [5.74, 6) is 0.443. The molecule has 0 atom stereocenters. The second-order valence-corrected chi connectivity index (χ2v) is 5.31. The van der Waals surface area contributed by atoms with Gasteiger partial charge in [0.05, 0.1) is 24.4 Å². The van der Waals surface area contributed by atoms with E-state index in [1.54, 1.807) is 23.5 Å². The number of nitrogens with one attached hydrogen (secondary N) is 1. The highest BCUT2D eigenvalue weighted by molar-refractivity contribution is 7.15. The van der Waals surface area contributed by atoms with Gasteiger partial charge in [-0.05, 0) is 19.1 Å². The lowest BCUT2D eigenvalue weighted by molar-refractivity contribution is 0.0946. The lowest BCUT2D eigenvalue weighted by Crippen LogP contribution is -2.23. The van der Waals surface area contributed by atoms with Crippen molar-refractivity contribution in [1.29, 1.82) is 0 Å². The first-order valence-electron chi connectivity index (χ1n) is 6.69. The average molecular weight is 301 g/mol. The maximum absolute atomic E-state index is 12.2. The van der Waals surface area contributed by atoms with Gasteiger partial charge in [0.25, 0.3) is 5.91 Å². The first kappa shape index (κ1) is 13.6. The van der Waals surface area contributed by atoms with Gasteiger partial charge in [0, 0.05) is 17.8 Å². The number of amides is 1. The Bertz CT molecular complexity index is 734. The molecule has 3 aromatic rings. The number of rotatable bonds is 5. The van der Waals surface area contributed by atoms with Crippen molar-refractivity contribution < 1.29 is 9.53 Å². The minimum absolute atomic E-state index is 0.157. The van der Waals surface area contributed by atoms with Gasteiger partial charge in [-0.15, -0.1) is 11.3 Å². The third kappa shape index (κ3) is 2.90. The van der Waals surface area contributed by atoms with E-state index in [4.69, 9.17) is 4.74 Å². The fourth-order valence-corrected chi connectivity index (χ4v) is 2.78. The average Bonchev–Trinajstić information content (AvgIpc) is 3.07. The number of fused-ring (bicyclic) bond motifs is 1. The predicted octanol–water partition coefficient (Wildman–Crippen LogP) is 2.72. The van der Waals surface area contributed by atoms with Crippen LogP contribution in [0.2, 0.25) is 0 Å². The molecule has 2 heterocycles. The van der Waals surface area contributed by atoms with Gasteiger partial charge in [-0.2, -0.15) is 0 Å². The molecule has 0 fully saturated rings. The van der Waals surface area contributed by atoms with E-state index in [0.717, 1.165) is 10.7 Å². The van der Waals surface area contributed by atoms with Crippen LogP contribution in [-0.2, 0) is 6.54 Å². The number of hydrogen-bond donors (Lipinski definition) is 1. The van der Waals surface area contributed by atoms with Crippen LogP contribution >= 0.6 is 11.3 Å². The van der Waals surface area contributed by atoms with Crippen molar-refractivity contribution in [1.82, 2.24) is 14.7 Å². The molecule has 0 spiro atoms. The Morgan fingerprint density at radius 1 is 1.43 bits per heavy atom. The molecule has 2 aromatic heterocycles. The Hall–Kier alpha value is -2.34. The molecule has 0 aliphatic heterocycles. The van der Waals surface area contributed by atoms with E-state index < -0.39 is 0 Å². The van der Waals surface area contributed by atoms with E-state index in [1.165, 1.54) is 0 Å². The number of ether oxygens (including phenoxy) is 1. The molecule has 1 amide bonds. The van der Waals surface area contributed by atoms with Crippen LogP contribution in [0.15, 0.2) is 42.0 Å². The summed E-state index contributed by atoms with van der Waals surface area (Å²) in [6, 6.07) is 7.23. The van der Waals surface area contributed by atoms with Gasteiger partial charge in [-0.25, -0.2) is 4.98 Å². The van der Waals surface area contributed by atoms with Crippen LogP contribution in [0.4, 0.5) is 0 Å². The molecule has 1 N–H and O–H groups in total. The van der Waals surface area contributed by atoms with Crippen molar-refractivity contribution in [3.05, 3.63) is 53.3 Å². The highest BCUT2D eigenvalue weighted by Gasteiger charge is 2.12. The molecule has 0 bridgehead atoms. The molecule has 5 nitrogen and oxygen atoms in total. The SMILES string of the molecule is CCOc1ccccc1C(=O)NCc1cn2ccsc2n1. The van der Waals surface area contributed by atoms with Crippen molar-refractivity contribution in [3.8, 4) is 5.75 Å². The van der Waals surface area contributed by atoms with Crippen LogP contribution in [0.1, 0.15) is 23.0 Å². The topological polar surface area (TPSA) is 55.6 Å². The van der Waals surface area contributed by atoms with Gasteiger partial charge in [0.2, 0.25) is 0 Å². The van der Waals surface area contributed by atoms with E-state index in [9.17, 15) is 4.79 Å². The Kier molecular flexibility index (Phi) is 3.87. The number of aromatic nitrogens is 2. The Morgan fingerprint density at radius 2 is 2.29 bits per heavy atom. The summed E-state index contributed by atoms with van der Waals surface area (Å²) < 4.78 is 7.41. The number of nitrogens with zero attached hydrogens (tertiary/aromatic N) is 2. The summed E-state index contributed by atoms with van der Waals surface area (Å²) in [5, 5.41) is 4.85. The molecule has 108 valence electrons. The van der Waals surface area contributed by atoms with Crippen LogP contribution < -0.4 is 10.1 Å². The highest BCUT2D eigenvalue weighted by atomic mass is 32.1. The van der Waals surface area contributed by atoms with Crippen molar-refractivity contribution in [2.45, 2.75) is 13.5 Å². The maximum Gasteiger partial charge on any atom is 0.255 e. The van der Waals surface area contributed by atoms with Gasteiger partial charge >= 0.3 is 0 Å². The number of benzene rings is 1. The molecule has 0 radical (unpaired) electrons. The summed E-state index contributed by atoms with van der Waals surface area (Å²) in [6.07, 6.45) is 3.86. The maximum atomic E-state index is 12.2. The van der Waals surface area contributed by atoms with Crippen molar-refractivity contribution in [3.63, 3.8) is 0 Å². The van der Waals surface area contributed by atoms with Crippen molar-refractivity contribution in [2.75, 3.05) is 6.61 Å². The minimum Gasteiger partial charge on any atom is -0.493 e. The standard InChI is InChI=1S/C15H15N3O2S/c1-2-20-13-6-4-3-5-12(13)14(19)16-9-11-10-18-7-8-21-15(18)17-11/h3-8,10H,2,9H2,1H3,(H,16,19). The van der Waals surface area contributed by atoms with Gasteiger partial charge in [-0.3, -0.25) is 9.20 Å². The zero-order valence-electron chi connectivity index (χ0n) is 11.6. The van der Waals surface area contributed by atoms with Gasteiger partial charge in [0.1, 0.15) is 5.75 Å². The number of para-hydroxylation sites is 1. The third-order valence-electron chi connectivity index (χ3n) is 3.00. The monoisotopic (exact) mass is 301 g/mol. The normalized spacial score (nSPS) is 10.7. The number of hydrogen-bond acceptors (Lipinski definition) is 4. The summed E-state index contributed by atoms with van der Waals surface area (Å²) in [4.78, 5) is 17.6. The zero-order chi connectivity index (χ0) is 14.7. The van der Waals surface area contributed by atoms with Crippen molar-refractivity contribution >= 4 is 22.2 Å². The number of carbonyl (C=O) groups is 1. The molecule has 3 rings (SSSR count). The molecular formula is C15H15N3O2S. The third-order valence-corrected chi connectivity index (χ3v) is 3.78. The van der Waals surface area contributed by atoms with Crippen molar-refractivity contribution in [2.24, 2.45) is 0 Å². The summed E-state index contributed by atoms with van der Waals surface area (Å²) in [7, 11) is 0. The summed E-state index contributed by atoms with van der Waals surface area (Å²) >= 11 is 1.57. The van der Waals surface area contributed by atoms with E-state index >= 15 is 0 Å². The fourth-order valence-electron chi connectivity index (χ4n) is 2.06. The molecule has 0 saturated carbocycles. The Balaban J connectivity index is 1.70. The van der Waals surface area contributed by atoms with E-state index in [1.807, 2.05) is 41.2 Å². The summed E-state index contributed by atoms with van der Waals surface area (Å²) in [6.45, 7) is 2.82. The molecule has 1 aromatic carbocycles. The molecule has 21 heavy (non-hydrogen) atoms. The minimum atomic E-state index is -0.157. The van der Waals surface area contributed by atoms with Crippen LogP contribution in [-0.4, -0.2) is 21.9 Å². The first-order valence-corrected chi connectivity index (χ1v) is 7.57. The van der Waals surface area contributed by atoms with Gasteiger partial charge in [0.15, 0.2) is 4.96 Å². The predicted molar refractivity (Wildman–Crippen MR) is 81.9 cm³/mol. The van der Waals surface area contributed by atoms with Crippen LogP contribution in [0.25, 0.3) is 4.96 Å². The quantitative estimate of drug-likeness (QED) is 0.788. The van der Waals surface area contributed by atoms with E-state index in [-0.39, 0.29) is 5.91 Å². The molecular weight excluding hydrogens is 286 g/mol. The Morgan fingerprint density at radius 3 is 3.10 bits per heavy atom. The van der Waals surface area contributed by atoms with E-state index in [2.05, 4.69) is 10.3 Å². The van der Waals surface area contributed by atoms with Crippen LogP contribution in [0, 0.1) is 0 Å². The van der Waals surface area contributed by atoms with Gasteiger partial charge in [-0.1, -0.05) is 12.1 Å². The first-order chi connectivity index (χ1) is 10.3. The lowest BCUT2D eigenvalue weighted by atomic mass is 10.2. The number of imidazole rings is 1. The second-order valence-electron chi connectivity index (χ2n) is 4.44.